The average Bonchev–Trinajstić information content (AvgIpc) is 3.15. The number of aromatic nitrogens is 4. The molecule has 0 spiro atoms. The molecule has 0 aliphatic rings. The summed E-state index contributed by atoms with van der Waals surface area (Å²) in [6.45, 7) is 0.893. The first kappa shape index (κ1) is 17.6. The molecule has 0 bridgehead atoms. The fourth-order valence-corrected chi connectivity index (χ4v) is 3.10. The third-order valence-corrected chi connectivity index (χ3v) is 4.45. The number of aromatic amines is 1. The Hall–Kier alpha value is -2.83. The highest BCUT2D eigenvalue weighted by Gasteiger charge is 2.09. The Morgan fingerprint density at radius 1 is 1.00 bits per heavy atom. The van der Waals surface area contributed by atoms with Gasteiger partial charge in [0.2, 0.25) is 0 Å². The summed E-state index contributed by atoms with van der Waals surface area (Å²) in [5, 5.41) is 4.60. The van der Waals surface area contributed by atoms with Gasteiger partial charge in [0.15, 0.2) is 11.5 Å². The second-order valence-corrected chi connectivity index (χ2v) is 6.72. The van der Waals surface area contributed by atoms with Crippen LogP contribution in [0.4, 0.5) is 5.82 Å². The van der Waals surface area contributed by atoms with Crippen LogP contribution in [-0.2, 0) is 13.2 Å². The predicted octanol–water partition coefficient (Wildman–Crippen LogP) is 4.85. The van der Waals surface area contributed by atoms with Crippen LogP contribution in [0, 0.1) is 0 Å². The highest BCUT2D eigenvalue weighted by atomic mass is 35.5. The molecule has 4 aromatic rings. The van der Waals surface area contributed by atoms with Crippen LogP contribution in [0.5, 0.6) is 5.75 Å². The molecule has 0 aliphatic carbocycles. The zero-order valence-corrected chi connectivity index (χ0v) is 15.6. The summed E-state index contributed by atoms with van der Waals surface area (Å²) in [6, 6.07) is 13.1. The van der Waals surface area contributed by atoms with Gasteiger partial charge in [-0.25, -0.2) is 15.0 Å². The number of fused-ring (bicyclic) bond motifs is 1. The van der Waals surface area contributed by atoms with Crippen molar-refractivity contribution in [2.45, 2.75) is 13.2 Å². The topological polar surface area (TPSA) is 75.7 Å². The van der Waals surface area contributed by atoms with Gasteiger partial charge in [-0.3, -0.25) is 0 Å². The van der Waals surface area contributed by atoms with Crippen LogP contribution in [0.25, 0.3) is 11.2 Å². The summed E-state index contributed by atoms with van der Waals surface area (Å²) < 4.78 is 5.98. The van der Waals surface area contributed by atoms with Gasteiger partial charge in [0.05, 0.1) is 6.33 Å². The van der Waals surface area contributed by atoms with Gasteiger partial charge in [-0.1, -0.05) is 35.3 Å². The van der Waals surface area contributed by atoms with E-state index in [4.69, 9.17) is 27.9 Å². The molecule has 0 fully saturated rings. The number of hydrogen-bond acceptors (Lipinski definition) is 5. The number of benzene rings is 2. The smallest absolute Gasteiger partial charge is 0.182 e. The van der Waals surface area contributed by atoms with Gasteiger partial charge in [0.25, 0.3) is 0 Å². The lowest BCUT2D eigenvalue weighted by Crippen LogP contribution is -2.05. The SMILES string of the molecule is Clc1cccc(COc2ccc(Cl)cc2CNc2ncnc3nc[nH]c23)c1. The predicted molar refractivity (Wildman–Crippen MR) is 106 cm³/mol. The zero-order valence-electron chi connectivity index (χ0n) is 14.1. The summed E-state index contributed by atoms with van der Waals surface area (Å²) in [7, 11) is 0. The molecule has 8 heteroatoms. The molecule has 136 valence electrons. The van der Waals surface area contributed by atoms with E-state index in [1.54, 1.807) is 12.4 Å². The Morgan fingerprint density at radius 3 is 2.78 bits per heavy atom. The van der Waals surface area contributed by atoms with Crippen LogP contribution < -0.4 is 10.1 Å². The van der Waals surface area contributed by atoms with Crippen molar-refractivity contribution in [3.8, 4) is 5.75 Å². The molecule has 27 heavy (non-hydrogen) atoms. The van der Waals surface area contributed by atoms with Crippen molar-refractivity contribution in [3.05, 3.63) is 76.3 Å². The van der Waals surface area contributed by atoms with Crippen LogP contribution >= 0.6 is 23.2 Å². The van der Waals surface area contributed by atoms with E-state index in [1.165, 1.54) is 6.33 Å². The Kier molecular flexibility index (Phi) is 5.09. The molecule has 0 saturated carbocycles. The number of ether oxygens (including phenoxy) is 1. The third kappa shape index (κ3) is 4.13. The van der Waals surface area contributed by atoms with E-state index in [0.717, 1.165) is 22.4 Å². The zero-order chi connectivity index (χ0) is 18.6. The molecule has 0 saturated heterocycles. The first-order valence-corrected chi connectivity index (χ1v) is 8.98. The van der Waals surface area contributed by atoms with Crippen molar-refractivity contribution in [2.75, 3.05) is 5.32 Å². The molecule has 0 unspecified atom stereocenters. The van der Waals surface area contributed by atoms with Gasteiger partial charge >= 0.3 is 0 Å². The number of imidazole rings is 1. The first-order chi connectivity index (χ1) is 13.2. The number of nitrogens with zero attached hydrogens (tertiary/aromatic N) is 3. The maximum absolute atomic E-state index is 6.17. The number of anilines is 1. The maximum Gasteiger partial charge on any atom is 0.182 e. The molecule has 2 heterocycles. The number of rotatable bonds is 6. The number of nitrogens with one attached hydrogen (secondary N) is 2. The molecular formula is C19H15Cl2N5O. The monoisotopic (exact) mass is 399 g/mol. The van der Waals surface area contributed by atoms with Crippen LogP contribution in [0.15, 0.2) is 55.1 Å². The van der Waals surface area contributed by atoms with Gasteiger partial charge in [-0.2, -0.15) is 0 Å². The normalized spacial score (nSPS) is 10.9. The Bertz CT molecular complexity index is 1080. The van der Waals surface area contributed by atoms with E-state index in [2.05, 4.69) is 25.3 Å². The maximum atomic E-state index is 6.17. The molecule has 0 aliphatic heterocycles. The van der Waals surface area contributed by atoms with E-state index >= 15 is 0 Å². The van der Waals surface area contributed by atoms with Crippen LogP contribution in [0.3, 0.4) is 0 Å². The Balaban J connectivity index is 1.52. The van der Waals surface area contributed by atoms with Crippen molar-refractivity contribution < 1.29 is 4.74 Å². The number of H-pyrrole nitrogens is 1. The minimum Gasteiger partial charge on any atom is -0.489 e. The van der Waals surface area contributed by atoms with E-state index in [1.807, 2.05) is 36.4 Å². The lowest BCUT2D eigenvalue weighted by atomic mass is 10.2. The molecule has 0 radical (unpaired) electrons. The second-order valence-electron chi connectivity index (χ2n) is 5.85. The van der Waals surface area contributed by atoms with Gasteiger partial charge in [-0.15, -0.1) is 0 Å². The molecule has 6 nitrogen and oxygen atoms in total. The standard InChI is InChI=1S/C19H15Cl2N5O/c20-14-3-1-2-12(6-14)9-27-16-5-4-15(21)7-13(16)8-22-18-17-19(24-10-23-17)26-11-25-18/h1-7,10-11H,8-9H2,(H2,22,23,24,25,26). The van der Waals surface area contributed by atoms with Crippen molar-refractivity contribution in [1.29, 1.82) is 0 Å². The van der Waals surface area contributed by atoms with E-state index < -0.39 is 0 Å². The second kappa shape index (κ2) is 7.82. The molecule has 2 N–H and O–H groups in total. The molecule has 4 rings (SSSR count). The number of hydrogen-bond donors (Lipinski definition) is 2. The van der Waals surface area contributed by atoms with Crippen LogP contribution in [0.1, 0.15) is 11.1 Å². The van der Waals surface area contributed by atoms with E-state index in [-0.39, 0.29) is 0 Å². The summed E-state index contributed by atoms with van der Waals surface area (Å²) in [4.78, 5) is 15.5. The van der Waals surface area contributed by atoms with Crippen molar-refractivity contribution in [1.82, 2.24) is 19.9 Å². The fourth-order valence-electron chi connectivity index (χ4n) is 2.69. The van der Waals surface area contributed by atoms with Gasteiger partial charge in [0.1, 0.15) is 24.2 Å². The van der Waals surface area contributed by atoms with Crippen LogP contribution in [0.2, 0.25) is 10.0 Å². The lowest BCUT2D eigenvalue weighted by Gasteiger charge is -2.13. The highest BCUT2D eigenvalue weighted by Crippen LogP contribution is 2.26. The summed E-state index contributed by atoms with van der Waals surface area (Å²) in [6.07, 6.45) is 3.06. The Morgan fingerprint density at radius 2 is 1.89 bits per heavy atom. The minimum absolute atomic E-state index is 0.410. The largest absolute Gasteiger partial charge is 0.489 e. The third-order valence-electron chi connectivity index (χ3n) is 3.98. The fraction of sp³-hybridized carbons (Fsp3) is 0.105. The van der Waals surface area contributed by atoms with E-state index in [0.29, 0.717) is 34.7 Å². The lowest BCUT2D eigenvalue weighted by molar-refractivity contribution is 0.303. The summed E-state index contributed by atoms with van der Waals surface area (Å²) in [5.41, 5.74) is 3.26. The molecular weight excluding hydrogens is 385 g/mol. The van der Waals surface area contributed by atoms with Crippen molar-refractivity contribution >= 4 is 40.2 Å². The Labute approximate surface area is 165 Å². The molecule has 2 aromatic heterocycles. The van der Waals surface area contributed by atoms with Gasteiger partial charge in [-0.05, 0) is 35.9 Å². The molecule has 2 aromatic carbocycles. The molecule has 0 atom stereocenters. The summed E-state index contributed by atoms with van der Waals surface area (Å²) in [5.74, 6) is 1.40. The quantitative estimate of drug-likeness (QED) is 0.484. The average molecular weight is 400 g/mol. The van der Waals surface area contributed by atoms with Gasteiger partial charge < -0.3 is 15.0 Å². The van der Waals surface area contributed by atoms with Crippen molar-refractivity contribution in [3.63, 3.8) is 0 Å². The minimum atomic E-state index is 0.410. The highest BCUT2D eigenvalue weighted by molar-refractivity contribution is 6.30. The molecule has 0 amide bonds. The number of halogens is 2. The van der Waals surface area contributed by atoms with E-state index in [9.17, 15) is 0 Å². The summed E-state index contributed by atoms with van der Waals surface area (Å²) >= 11 is 12.2. The van der Waals surface area contributed by atoms with Crippen LogP contribution in [-0.4, -0.2) is 19.9 Å². The van der Waals surface area contributed by atoms with Gasteiger partial charge in [0, 0.05) is 22.2 Å². The van der Waals surface area contributed by atoms with Crippen molar-refractivity contribution in [2.24, 2.45) is 0 Å². The first-order valence-electron chi connectivity index (χ1n) is 8.22.